The van der Waals surface area contributed by atoms with E-state index in [4.69, 9.17) is 11.6 Å². The van der Waals surface area contributed by atoms with Crippen LogP contribution in [-0.4, -0.2) is 24.8 Å². The summed E-state index contributed by atoms with van der Waals surface area (Å²) in [5.41, 5.74) is 5.47. The summed E-state index contributed by atoms with van der Waals surface area (Å²) in [6.45, 7) is 4.05. The smallest absolute Gasteiger partial charge is 0.262 e. The highest BCUT2D eigenvalue weighted by Crippen LogP contribution is 2.48. The summed E-state index contributed by atoms with van der Waals surface area (Å²) in [6.07, 6.45) is 5.45. The molecule has 0 bridgehead atoms. The maximum atomic E-state index is 11.6. The van der Waals surface area contributed by atoms with Gasteiger partial charge in [0.05, 0.1) is 20.8 Å². The summed E-state index contributed by atoms with van der Waals surface area (Å²) in [5, 5.41) is 1.89. The molecule has 0 aliphatic carbocycles. The van der Waals surface area contributed by atoms with E-state index in [1.54, 1.807) is 23.1 Å². The van der Waals surface area contributed by atoms with Crippen LogP contribution in [0.4, 0.5) is 5.69 Å². The fourth-order valence-corrected chi connectivity index (χ4v) is 7.35. The zero-order chi connectivity index (χ0) is 27.7. The summed E-state index contributed by atoms with van der Waals surface area (Å²) >= 11 is 9.62. The normalized spacial score (nSPS) is 15.8. The van der Waals surface area contributed by atoms with E-state index in [9.17, 15) is 13.0 Å². The molecule has 39 heavy (non-hydrogen) atoms. The third-order valence-electron chi connectivity index (χ3n) is 6.94. The Morgan fingerprint density at radius 2 is 1.87 bits per heavy atom. The first-order chi connectivity index (χ1) is 18.6. The van der Waals surface area contributed by atoms with Gasteiger partial charge < -0.3 is 9.45 Å². The zero-order valence-corrected chi connectivity index (χ0v) is 25.1. The third-order valence-corrected chi connectivity index (χ3v) is 10.7. The molecule has 0 amide bonds. The van der Waals surface area contributed by atoms with Crippen molar-refractivity contribution in [2.24, 2.45) is 7.05 Å². The van der Waals surface area contributed by atoms with Crippen molar-refractivity contribution in [1.29, 1.82) is 0 Å². The minimum Gasteiger partial charge on any atom is -0.748 e. The number of nitrogens with zero attached hydrogens (tertiary/aromatic N) is 2. The molecule has 9 heteroatoms. The SMILES string of the molecule is CCC(=Cc1sc2ccc(Cl)cc2[n+]1C)C=C1Sc2ccc(-c3ccccc3)cc2N1CCC(C)S(=O)(=O)[O-]. The number of hydrogen-bond donors (Lipinski definition) is 0. The number of aromatic nitrogens is 1. The van der Waals surface area contributed by atoms with Gasteiger partial charge in [0.15, 0.2) is 0 Å². The molecule has 0 saturated heterocycles. The quantitative estimate of drug-likeness (QED) is 0.155. The molecule has 0 fully saturated rings. The Morgan fingerprint density at radius 3 is 2.59 bits per heavy atom. The average Bonchev–Trinajstić information content (AvgIpc) is 3.42. The highest BCUT2D eigenvalue weighted by atomic mass is 35.5. The van der Waals surface area contributed by atoms with E-state index in [1.807, 2.05) is 43.4 Å². The Morgan fingerprint density at radius 1 is 1.10 bits per heavy atom. The number of hydrogen-bond acceptors (Lipinski definition) is 6. The molecule has 1 aliphatic rings. The number of thioether (sulfide) groups is 1. The number of rotatable bonds is 8. The maximum Gasteiger partial charge on any atom is 0.262 e. The van der Waals surface area contributed by atoms with Crippen LogP contribution in [0.15, 0.2) is 88.3 Å². The standard InChI is InChI=1S/C30H29ClN2O3S3/c1-4-21(16-29-32(3)25-19-24(31)11-13-27(25)37-29)17-30-33(15-14-20(2)39(34,35)36)26-18-23(10-12-28(26)38-30)22-8-6-5-7-9-22/h5-13,16-20H,4,14-15H2,1-3H3. The van der Waals surface area contributed by atoms with Crippen LogP contribution in [0.1, 0.15) is 31.7 Å². The lowest BCUT2D eigenvalue weighted by Crippen LogP contribution is -2.29. The van der Waals surface area contributed by atoms with Gasteiger partial charge in [0.1, 0.15) is 11.7 Å². The second-order valence-electron chi connectivity index (χ2n) is 9.56. The van der Waals surface area contributed by atoms with Gasteiger partial charge in [-0.2, -0.15) is 4.57 Å². The summed E-state index contributed by atoms with van der Waals surface area (Å²) < 4.78 is 38.3. The first kappa shape index (κ1) is 27.9. The fraction of sp³-hybridized carbons (Fsp3) is 0.233. The van der Waals surface area contributed by atoms with E-state index in [2.05, 4.69) is 58.9 Å². The van der Waals surface area contributed by atoms with Gasteiger partial charge in [-0.05, 0) is 66.8 Å². The van der Waals surface area contributed by atoms with Crippen LogP contribution in [0.25, 0.3) is 27.4 Å². The van der Waals surface area contributed by atoms with Crippen molar-refractivity contribution >= 4 is 66.8 Å². The number of halogens is 1. The first-order valence-corrected chi connectivity index (χ1v) is 16.2. The summed E-state index contributed by atoms with van der Waals surface area (Å²) in [5.74, 6) is 0. The van der Waals surface area contributed by atoms with Crippen molar-refractivity contribution < 1.29 is 17.5 Å². The topological polar surface area (TPSA) is 64.3 Å². The molecule has 3 aromatic carbocycles. The molecule has 1 aliphatic heterocycles. The van der Waals surface area contributed by atoms with Gasteiger partial charge in [0, 0.05) is 33.9 Å². The Labute approximate surface area is 243 Å². The molecule has 1 unspecified atom stereocenters. The van der Waals surface area contributed by atoms with Gasteiger partial charge in [-0.3, -0.25) is 0 Å². The summed E-state index contributed by atoms with van der Waals surface area (Å²) in [4.78, 5) is 3.26. The lowest BCUT2D eigenvalue weighted by molar-refractivity contribution is -0.642. The Bertz CT molecular complexity index is 1700. The van der Waals surface area contributed by atoms with Gasteiger partial charge in [-0.1, -0.05) is 78.0 Å². The predicted molar refractivity (Wildman–Crippen MR) is 163 cm³/mol. The maximum absolute atomic E-state index is 11.6. The molecule has 1 atom stereocenters. The second-order valence-corrected chi connectivity index (χ2v) is 13.9. The fourth-order valence-electron chi connectivity index (χ4n) is 4.53. The number of thiazole rings is 1. The van der Waals surface area contributed by atoms with Gasteiger partial charge in [0.25, 0.3) is 5.01 Å². The van der Waals surface area contributed by atoms with Crippen LogP contribution in [0, 0.1) is 0 Å². The molecule has 5 rings (SSSR count). The van der Waals surface area contributed by atoms with Crippen LogP contribution in [0.5, 0.6) is 0 Å². The number of aryl methyl sites for hydroxylation is 1. The minimum atomic E-state index is -4.35. The third kappa shape index (κ3) is 6.10. The highest BCUT2D eigenvalue weighted by molar-refractivity contribution is 8.03. The molecular weight excluding hydrogens is 568 g/mol. The number of fused-ring (bicyclic) bond motifs is 2. The molecular formula is C30H29ClN2O3S3. The van der Waals surface area contributed by atoms with Gasteiger partial charge in [0.2, 0.25) is 5.52 Å². The second kappa shape index (κ2) is 11.5. The van der Waals surface area contributed by atoms with Crippen molar-refractivity contribution in [1.82, 2.24) is 0 Å². The zero-order valence-electron chi connectivity index (χ0n) is 21.9. The monoisotopic (exact) mass is 596 g/mol. The first-order valence-electron chi connectivity index (χ1n) is 12.7. The average molecular weight is 597 g/mol. The largest absolute Gasteiger partial charge is 0.748 e. The van der Waals surface area contributed by atoms with Crippen LogP contribution in [-0.2, 0) is 17.2 Å². The molecule has 5 nitrogen and oxygen atoms in total. The molecule has 0 radical (unpaired) electrons. The molecule has 0 saturated carbocycles. The van der Waals surface area contributed by atoms with Crippen LogP contribution >= 0.6 is 34.7 Å². The van der Waals surface area contributed by atoms with E-state index < -0.39 is 15.4 Å². The van der Waals surface area contributed by atoms with Gasteiger partial charge in [-0.25, -0.2) is 8.42 Å². The van der Waals surface area contributed by atoms with E-state index >= 15 is 0 Å². The van der Waals surface area contributed by atoms with E-state index in [-0.39, 0.29) is 6.42 Å². The van der Waals surface area contributed by atoms with Crippen molar-refractivity contribution in [2.75, 3.05) is 11.4 Å². The number of anilines is 1. The lowest BCUT2D eigenvalue weighted by atomic mass is 10.0. The molecule has 4 aromatic rings. The molecule has 0 N–H and O–H groups in total. The highest BCUT2D eigenvalue weighted by Gasteiger charge is 2.27. The minimum absolute atomic E-state index is 0.246. The van der Waals surface area contributed by atoms with E-state index in [1.165, 1.54) is 11.6 Å². The Hall–Kier alpha value is -2.62. The van der Waals surface area contributed by atoms with Crippen LogP contribution < -0.4 is 9.47 Å². The van der Waals surface area contributed by atoms with Crippen molar-refractivity contribution in [3.8, 4) is 11.1 Å². The Kier molecular flexibility index (Phi) is 8.21. The number of allylic oxidation sites excluding steroid dienone is 2. The van der Waals surface area contributed by atoms with Crippen LogP contribution in [0.3, 0.4) is 0 Å². The lowest BCUT2D eigenvalue weighted by Gasteiger charge is -2.24. The predicted octanol–water partition coefficient (Wildman–Crippen LogP) is 7.62. The number of benzene rings is 3. The van der Waals surface area contributed by atoms with E-state index in [0.717, 1.165) is 49.3 Å². The molecule has 2 heterocycles. The van der Waals surface area contributed by atoms with E-state index in [0.29, 0.717) is 11.6 Å². The van der Waals surface area contributed by atoms with Gasteiger partial charge >= 0.3 is 0 Å². The summed E-state index contributed by atoms with van der Waals surface area (Å²) in [6, 6.07) is 22.5. The molecule has 1 aromatic heterocycles. The van der Waals surface area contributed by atoms with Crippen molar-refractivity contribution in [2.45, 2.75) is 36.8 Å². The molecule has 202 valence electrons. The van der Waals surface area contributed by atoms with Crippen molar-refractivity contribution in [3.05, 3.63) is 93.4 Å². The Balaban J connectivity index is 1.53. The van der Waals surface area contributed by atoms with Crippen LogP contribution in [0.2, 0.25) is 5.02 Å². The summed E-state index contributed by atoms with van der Waals surface area (Å²) in [7, 11) is -2.31. The molecule has 0 spiro atoms. The van der Waals surface area contributed by atoms with Gasteiger partial charge in [-0.15, -0.1) is 0 Å². The van der Waals surface area contributed by atoms with Crippen molar-refractivity contribution in [3.63, 3.8) is 0 Å².